The number of anilines is 3. The number of aromatic nitrogens is 2. The van der Waals surface area contributed by atoms with Gasteiger partial charge in [-0.05, 0) is 85.7 Å². The summed E-state index contributed by atoms with van der Waals surface area (Å²) in [5, 5.41) is 16.9. The van der Waals surface area contributed by atoms with Gasteiger partial charge < -0.3 is 20.2 Å². The zero-order valence-corrected chi connectivity index (χ0v) is 25.1. The van der Waals surface area contributed by atoms with Crippen LogP contribution in [0.15, 0.2) is 82.6 Å². The third kappa shape index (κ3) is 6.92. The van der Waals surface area contributed by atoms with Crippen molar-refractivity contribution >= 4 is 27.4 Å². The number of hydrogen-bond acceptors (Lipinski definition) is 8. The third-order valence-corrected chi connectivity index (χ3v) is 10.2. The van der Waals surface area contributed by atoms with E-state index in [0.29, 0.717) is 24.7 Å². The van der Waals surface area contributed by atoms with Crippen molar-refractivity contribution in [3.63, 3.8) is 0 Å². The first-order chi connectivity index (χ1) is 21.0. The van der Waals surface area contributed by atoms with Crippen molar-refractivity contribution in [2.24, 2.45) is 5.92 Å². The number of sulfonamides is 1. The number of oxazole rings is 1. The van der Waals surface area contributed by atoms with Crippen molar-refractivity contribution in [3.8, 4) is 0 Å². The summed E-state index contributed by atoms with van der Waals surface area (Å²) in [5.74, 6) is 0.709. The number of aliphatic hydroxyl groups excluding tert-OH is 1. The summed E-state index contributed by atoms with van der Waals surface area (Å²) < 4.78 is 35.4. The Hall–Kier alpha value is -3.73. The first kappa shape index (κ1) is 29.3. The molecule has 0 saturated heterocycles. The number of aliphatic hydroxyl groups is 1. The second-order valence-electron chi connectivity index (χ2n) is 11.5. The summed E-state index contributed by atoms with van der Waals surface area (Å²) in [7, 11) is -4.01. The number of nitrogens with one attached hydrogen (secondary N) is 2. The minimum absolute atomic E-state index is 0.0545. The summed E-state index contributed by atoms with van der Waals surface area (Å²) in [5.41, 5.74) is 5.01. The van der Waals surface area contributed by atoms with Gasteiger partial charge in [0.1, 0.15) is 6.26 Å². The van der Waals surface area contributed by atoms with Crippen LogP contribution < -0.4 is 14.9 Å². The van der Waals surface area contributed by atoms with Gasteiger partial charge >= 0.3 is 6.01 Å². The second kappa shape index (κ2) is 13.3. The Labute approximate surface area is 253 Å². The van der Waals surface area contributed by atoms with E-state index in [-0.39, 0.29) is 10.9 Å². The first-order valence-corrected chi connectivity index (χ1v) is 16.7. The average Bonchev–Trinajstić information content (AvgIpc) is 3.82. The monoisotopic (exact) mass is 601 g/mol. The molecule has 3 N–H and O–H groups in total. The lowest BCUT2D eigenvalue weighted by Gasteiger charge is -2.21. The van der Waals surface area contributed by atoms with Crippen molar-refractivity contribution in [1.29, 1.82) is 0 Å². The zero-order chi connectivity index (χ0) is 29.6. The average molecular weight is 602 g/mol. The normalized spacial score (nSPS) is 15.7. The van der Waals surface area contributed by atoms with E-state index in [4.69, 9.17) is 4.42 Å². The first-order valence-electron chi connectivity index (χ1n) is 15.2. The minimum atomic E-state index is -4.01. The quantitative estimate of drug-likeness (QED) is 0.171. The largest absolute Gasteiger partial charge is 0.431 e. The summed E-state index contributed by atoms with van der Waals surface area (Å²) in [6.07, 6.45) is 12.7. The third-order valence-electron chi connectivity index (χ3n) is 8.49. The number of fused-ring (bicyclic) bond motifs is 1. The molecule has 1 aliphatic carbocycles. The molecule has 0 radical (unpaired) electrons. The Morgan fingerprint density at radius 2 is 1.93 bits per heavy atom. The Bertz CT molecular complexity index is 1600. The Kier molecular flexibility index (Phi) is 9.06. The molecule has 1 aliphatic heterocycles. The Morgan fingerprint density at radius 3 is 2.72 bits per heavy atom. The van der Waals surface area contributed by atoms with E-state index < -0.39 is 16.1 Å². The maximum atomic E-state index is 14.2. The van der Waals surface area contributed by atoms with E-state index in [2.05, 4.69) is 20.6 Å². The van der Waals surface area contributed by atoms with Gasteiger partial charge in [0.25, 0.3) is 10.0 Å². The van der Waals surface area contributed by atoms with E-state index >= 15 is 0 Å². The fraction of sp³-hybridized carbons (Fsp3) is 0.394. The molecule has 226 valence electrons. The molecule has 0 amide bonds. The molecule has 2 aromatic heterocycles. The predicted molar refractivity (Wildman–Crippen MR) is 167 cm³/mol. The highest BCUT2D eigenvalue weighted by atomic mass is 32.2. The Morgan fingerprint density at radius 1 is 1.09 bits per heavy atom. The van der Waals surface area contributed by atoms with Crippen LogP contribution in [0.25, 0.3) is 0 Å². The lowest BCUT2D eigenvalue weighted by molar-refractivity contribution is 0.174. The van der Waals surface area contributed by atoms with E-state index in [0.717, 1.165) is 60.3 Å². The van der Waals surface area contributed by atoms with Gasteiger partial charge in [0.15, 0.2) is 0 Å². The molecule has 2 aliphatic rings. The minimum Gasteiger partial charge on any atom is -0.431 e. The van der Waals surface area contributed by atoms with Crippen molar-refractivity contribution in [2.75, 3.05) is 29.3 Å². The number of benzene rings is 2. The van der Waals surface area contributed by atoms with Crippen LogP contribution in [0.3, 0.4) is 0 Å². The molecule has 1 saturated carbocycles. The zero-order valence-electron chi connectivity index (χ0n) is 24.3. The number of aryl methyl sites for hydroxylation is 1. The second-order valence-corrected chi connectivity index (χ2v) is 13.3. The molecule has 0 spiro atoms. The fourth-order valence-corrected chi connectivity index (χ4v) is 7.45. The summed E-state index contributed by atoms with van der Waals surface area (Å²) in [6.45, 7) is 1.87. The topological polar surface area (TPSA) is 121 Å². The highest BCUT2D eigenvalue weighted by molar-refractivity contribution is 7.93. The van der Waals surface area contributed by atoms with Gasteiger partial charge in [-0.3, -0.25) is 4.98 Å². The van der Waals surface area contributed by atoms with Gasteiger partial charge in [-0.15, -0.1) is 0 Å². The van der Waals surface area contributed by atoms with E-state index in [1.54, 1.807) is 49.0 Å². The van der Waals surface area contributed by atoms with E-state index in [1.165, 1.54) is 30.0 Å². The van der Waals surface area contributed by atoms with Gasteiger partial charge in [0.05, 0.1) is 22.4 Å². The van der Waals surface area contributed by atoms with E-state index in [1.807, 2.05) is 24.3 Å². The Balaban J connectivity index is 1.18. The van der Waals surface area contributed by atoms with Crippen LogP contribution >= 0.6 is 0 Å². The maximum Gasteiger partial charge on any atom is 0.316 e. The van der Waals surface area contributed by atoms with Gasteiger partial charge in [-0.1, -0.05) is 43.9 Å². The van der Waals surface area contributed by atoms with Crippen LogP contribution in [-0.4, -0.2) is 43.1 Å². The van der Waals surface area contributed by atoms with Crippen molar-refractivity contribution in [1.82, 2.24) is 15.3 Å². The summed E-state index contributed by atoms with van der Waals surface area (Å²) in [6, 6.07) is 16.4. The smallest absolute Gasteiger partial charge is 0.316 e. The van der Waals surface area contributed by atoms with Crippen LogP contribution in [0.1, 0.15) is 60.6 Å². The van der Waals surface area contributed by atoms with Crippen molar-refractivity contribution in [2.45, 2.75) is 62.4 Å². The van der Waals surface area contributed by atoms with Crippen molar-refractivity contribution in [3.05, 3.63) is 95.6 Å². The number of nitrogens with zero attached hydrogens (tertiary/aromatic N) is 3. The molecule has 10 heteroatoms. The molecule has 2 aromatic carbocycles. The molecule has 1 atom stereocenters. The van der Waals surface area contributed by atoms with Crippen LogP contribution in [-0.2, 0) is 29.3 Å². The standard InChI is InChI=1S/C33H39N5O4S/c39-32(27-6-3-17-34-21-27)22-35-18-15-25-8-11-29(12-9-25)38(33-37-28(23-42-33)10-7-24-4-1-2-5-24)43(40,41)30-13-14-31-26(20-30)16-19-36-31/h3,6,8-9,11-14,17,20-21,23-24,32,35-36,39H,1-2,4-5,7,10,15-16,18-19,22H2. The lowest BCUT2D eigenvalue weighted by atomic mass is 10.0. The van der Waals surface area contributed by atoms with Gasteiger partial charge in [0, 0.05) is 36.7 Å². The van der Waals surface area contributed by atoms with E-state index in [9.17, 15) is 13.5 Å². The molecule has 1 fully saturated rings. The molecule has 4 aromatic rings. The summed E-state index contributed by atoms with van der Waals surface area (Å²) >= 11 is 0. The van der Waals surface area contributed by atoms with Gasteiger partial charge in [-0.25, -0.2) is 8.42 Å². The lowest BCUT2D eigenvalue weighted by Crippen LogP contribution is -2.27. The number of rotatable bonds is 13. The van der Waals surface area contributed by atoms with Crippen LogP contribution in [0, 0.1) is 5.92 Å². The molecular weight excluding hydrogens is 562 g/mol. The highest BCUT2D eigenvalue weighted by Crippen LogP contribution is 2.35. The predicted octanol–water partition coefficient (Wildman–Crippen LogP) is 5.55. The van der Waals surface area contributed by atoms with Crippen molar-refractivity contribution < 1.29 is 17.9 Å². The van der Waals surface area contributed by atoms with Gasteiger partial charge in [-0.2, -0.15) is 9.29 Å². The molecular formula is C33H39N5O4S. The molecule has 3 heterocycles. The maximum absolute atomic E-state index is 14.2. The SMILES string of the molecule is O=S(=O)(c1ccc2c(c1)CCN2)N(c1ccc(CCNCC(O)c2cccnc2)cc1)c1nc(CCC2CCCC2)co1. The van der Waals surface area contributed by atoms with Crippen LogP contribution in [0.5, 0.6) is 0 Å². The van der Waals surface area contributed by atoms with Crippen LogP contribution in [0.2, 0.25) is 0 Å². The molecule has 1 unspecified atom stereocenters. The molecule has 6 rings (SSSR count). The number of pyridine rings is 1. The summed E-state index contributed by atoms with van der Waals surface area (Å²) in [4.78, 5) is 8.93. The van der Waals surface area contributed by atoms with Gasteiger partial charge in [0.2, 0.25) is 0 Å². The number of hydrogen-bond donors (Lipinski definition) is 3. The molecule has 0 bridgehead atoms. The highest BCUT2D eigenvalue weighted by Gasteiger charge is 2.32. The fourth-order valence-electron chi connectivity index (χ4n) is 6.01. The van der Waals surface area contributed by atoms with Crippen LogP contribution in [0.4, 0.5) is 17.4 Å². The molecule has 43 heavy (non-hydrogen) atoms. The molecule has 9 nitrogen and oxygen atoms in total.